The molecular formula is C18H15F3N2O2. The zero-order chi connectivity index (χ0) is 18.2. The largest absolute Gasteiger partial charge is 0.465 e. The van der Waals surface area contributed by atoms with Crippen molar-refractivity contribution in [2.75, 3.05) is 19.1 Å². The topological polar surface area (TPSA) is 45.3 Å². The number of nitrogens with one attached hydrogen (secondary N) is 1. The highest BCUT2D eigenvalue weighted by Crippen LogP contribution is 2.35. The summed E-state index contributed by atoms with van der Waals surface area (Å²) in [5.41, 5.74) is 0.844. The van der Waals surface area contributed by atoms with E-state index in [9.17, 15) is 18.0 Å². The molecule has 0 fully saturated rings. The van der Waals surface area contributed by atoms with Gasteiger partial charge in [0, 0.05) is 23.6 Å². The number of halogens is 3. The van der Waals surface area contributed by atoms with Crippen LogP contribution in [-0.4, -0.2) is 25.1 Å². The van der Waals surface area contributed by atoms with Gasteiger partial charge in [-0.25, -0.2) is 4.79 Å². The average molecular weight is 348 g/mol. The highest BCUT2D eigenvalue weighted by Gasteiger charge is 2.30. The molecule has 25 heavy (non-hydrogen) atoms. The number of para-hydroxylation sites is 1. The third kappa shape index (κ3) is 3.05. The van der Waals surface area contributed by atoms with Crippen LogP contribution in [0.2, 0.25) is 0 Å². The molecule has 0 saturated carbocycles. The molecule has 2 aromatic carbocycles. The first kappa shape index (κ1) is 16.9. The molecule has 0 atom stereocenters. The molecule has 0 saturated heterocycles. The first-order valence-corrected chi connectivity index (χ1v) is 7.43. The maximum Gasteiger partial charge on any atom is 0.416 e. The minimum atomic E-state index is -4.39. The molecule has 0 amide bonds. The fourth-order valence-corrected chi connectivity index (χ4v) is 2.69. The Morgan fingerprint density at radius 3 is 2.32 bits per heavy atom. The molecule has 1 N–H and O–H groups in total. The van der Waals surface area contributed by atoms with E-state index >= 15 is 0 Å². The van der Waals surface area contributed by atoms with Gasteiger partial charge in [0.1, 0.15) is 11.4 Å². The van der Waals surface area contributed by atoms with Crippen LogP contribution in [0.5, 0.6) is 0 Å². The number of ether oxygens (including phenoxy) is 1. The lowest BCUT2D eigenvalue weighted by molar-refractivity contribution is -0.137. The van der Waals surface area contributed by atoms with E-state index in [2.05, 4.69) is 4.98 Å². The van der Waals surface area contributed by atoms with Crippen molar-refractivity contribution in [2.24, 2.45) is 0 Å². The number of fused-ring (bicyclic) bond motifs is 1. The molecule has 7 heteroatoms. The van der Waals surface area contributed by atoms with E-state index in [-0.39, 0.29) is 0 Å². The molecule has 0 unspecified atom stereocenters. The van der Waals surface area contributed by atoms with E-state index in [4.69, 9.17) is 4.74 Å². The Kier molecular flexibility index (Phi) is 4.16. The maximum absolute atomic E-state index is 12.7. The monoisotopic (exact) mass is 348 g/mol. The smallest absolute Gasteiger partial charge is 0.416 e. The molecule has 3 rings (SSSR count). The highest BCUT2D eigenvalue weighted by molar-refractivity contribution is 6.10. The maximum atomic E-state index is 12.7. The fourth-order valence-electron chi connectivity index (χ4n) is 2.69. The summed E-state index contributed by atoms with van der Waals surface area (Å²) in [6.45, 7) is 0. The standard InChI is InChI=1S/C18H15F3N2O2/c1-23(12-9-7-11(8-10-12)18(19,20)21)16-15(17(24)25-2)13-5-3-4-6-14(13)22-16/h3-10,22H,1-2H3. The summed E-state index contributed by atoms with van der Waals surface area (Å²) in [5.74, 6) is -0.0704. The van der Waals surface area contributed by atoms with E-state index in [1.807, 2.05) is 12.1 Å². The number of alkyl halides is 3. The lowest BCUT2D eigenvalue weighted by Crippen LogP contribution is -2.15. The van der Waals surface area contributed by atoms with Crippen molar-refractivity contribution in [2.45, 2.75) is 6.18 Å². The van der Waals surface area contributed by atoms with Crippen molar-refractivity contribution in [1.29, 1.82) is 0 Å². The predicted octanol–water partition coefficient (Wildman–Crippen LogP) is 4.74. The molecule has 1 heterocycles. The van der Waals surface area contributed by atoms with Gasteiger partial charge in [0.25, 0.3) is 0 Å². The van der Waals surface area contributed by atoms with Crippen LogP contribution in [0.15, 0.2) is 48.5 Å². The third-order valence-electron chi connectivity index (χ3n) is 3.99. The number of anilines is 2. The molecule has 130 valence electrons. The summed E-state index contributed by atoms with van der Waals surface area (Å²) in [6, 6.07) is 11.9. The van der Waals surface area contributed by atoms with Crippen molar-refractivity contribution in [3.8, 4) is 0 Å². The van der Waals surface area contributed by atoms with Gasteiger partial charge in [0.05, 0.1) is 12.7 Å². The number of aromatic amines is 1. The molecule has 0 aliphatic heterocycles. The third-order valence-corrected chi connectivity index (χ3v) is 3.99. The van der Waals surface area contributed by atoms with E-state index in [0.29, 0.717) is 22.5 Å². The van der Waals surface area contributed by atoms with E-state index in [1.165, 1.54) is 19.2 Å². The van der Waals surface area contributed by atoms with Crippen LogP contribution in [0, 0.1) is 0 Å². The number of nitrogens with zero attached hydrogens (tertiary/aromatic N) is 1. The lowest BCUT2D eigenvalue weighted by Gasteiger charge is -2.20. The van der Waals surface area contributed by atoms with Crippen LogP contribution in [-0.2, 0) is 10.9 Å². The number of hydrogen-bond acceptors (Lipinski definition) is 3. The SMILES string of the molecule is COC(=O)c1c(N(C)c2ccc(C(F)(F)F)cc2)[nH]c2ccccc12. The zero-order valence-corrected chi connectivity index (χ0v) is 13.5. The molecule has 0 aliphatic rings. The Morgan fingerprint density at radius 2 is 1.72 bits per heavy atom. The number of benzene rings is 2. The van der Waals surface area contributed by atoms with Gasteiger partial charge < -0.3 is 14.6 Å². The second-order valence-corrected chi connectivity index (χ2v) is 5.49. The molecular weight excluding hydrogens is 333 g/mol. The van der Waals surface area contributed by atoms with Crippen molar-refractivity contribution in [3.05, 3.63) is 59.7 Å². The van der Waals surface area contributed by atoms with Crippen LogP contribution in [0.1, 0.15) is 15.9 Å². The van der Waals surface area contributed by atoms with Crippen LogP contribution in [0.4, 0.5) is 24.7 Å². The number of rotatable bonds is 3. The van der Waals surface area contributed by atoms with Gasteiger partial charge in [-0.2, -0.15) is 13.2 Å². The second-order valence-electron chi connectivity index (χ2n) is 5.49. The van der Waals surface area contributed by atoms with Gasteiger partial charge >= 0.3 is 12.1 Å². The molecule has 0 aliphatic carbocycles. The normalized spacial score (nSPS) is 11.6. The van der Waals surface area contributed by atoms with E-state index < -0.39 is 17.7 Å². The Labute approximate surface area is 141 Å². The van der Waals surface area contributed by atoms with Crippen molar-refractivity contribution in [3.63, 3.8) is 0 Å². The summed E-state index contributed by atoms with van der Waals surface area (Å²) in [4.78, 5) is 17.0. The first-order valence-electron chi connectivity index (χ1n) is 7.43. The van der Waals surface area contributed by atoms with Gasteiger partial charge in [-0.15, -0.1) is 0 Å². The van der Waals surface area contributed by atoms with Gasteiger partial charge in [-0.3, -0.25) is 0 Å². The van der Waals surface area contributed by atoms with E-state index in [1.54, 1.807) is 24.1 Å². The van der Waals surface area contributed by atoms with Crippen LogP contribution in [0.25, 0.3) is 10.9 Å². The first-order chi connectivity index (χ1) is 11.8. The van der Waals surface area contributed by atoms with Crippen LogP contribution < -0.4 is 4.90 Å². The highest BCUT2D eigenvalue weighted by atomic mass is 19.4. The number of aromatic nitrogens is 1. The molecule has 0 spiro atoms. The van der Waals surface area contributed by atoms with Crippen molar-refractivity contribution >= 4 is 28.4 Å². The molecule has 1 aromatic heterocycles. The molecule has 4 nitrogen and oxygen atoms in total. The van der Waals surface area contributed by atoms with Gasteiger partial charge in [0.2, 0.25) is 0 Å². The summed E-state index contributed by atoms with van der Waals surface area (Å²) in [6.07, 6.45) is -4.39. The Balaban J connectivity index is 2.08. The second kappa shape index (κ2) is 6.16. The summed E-state index contributed by atoms with van der Waals surface area (Å²) in [7, 11) is 2.95. The quantitative estimate of drug-likeness (QED) is 0.695. The lowest BCUT2D eigenvalue weighted by atomic mass is 10.1. The zero-order valence-electron chi connectivity index (χ0n) is 13.5. The Morgan fingerprint density at radius 1 is 1.08 bits per heavy atom. The minimum Gasteiger partial charge on any atom is -0.465 e. The number of esters is 1. The van der Waals surface area contributed by atoms with Gasteiger partial charge in [0.15, 0.2) is 0 Å². The van der Waals surface area contributed by atoms with Crippen LogP contribution in [0.3, 0.4) is 0 Å². The van der Waals surface area contributed by atoms with Gasteiger partial charge in [-0.1, -0.05) is 18.2 Å². The predicted molar refractivity (Wildman–Crippen MR) is 89.1 cm³/mol. The average Bonchev–Trinajstić information content (AvgIpc) is 2.99. The summed E-state index contributed by atoms with van der Waals surface area (Å²) >= 11 is 0. The number of carbonyl (C=O) groups excluding carboxylic acids is 1. The number of hydrogen-bond donors (Lipinski definition) is 1. The van der Waals surface area contributed by atoms with Crippen molar-refractivity contribution < 1.29 is 22.7 Å². The molecule has 3 aromatic rings. The van der Waals surface area contributed by atoms with E-state index in [0.717, 1.165) is 17.6 Å². The number of H-pyrrole nitrogens is 1. The fraction of sp³-hybridized carbons (Fsp3) is 0.167. The number of carbonyl (C=O) groups is 1. The Bertz CT molecular complexity index is 914. The summed E-state index contributed by atoms with van der Waals surface area (Å²) in [5, 5.41) is 0.683. The molecule has 0 bridgehead atoms. The Hall–Kier alpha value is -2.96. The van der Waals surface area contributed by atoms with Crippen LogP contribution >= 0.6 is 0 Å². The minimum absolute atomic E-state index is 0.334. The number of methoxy groups -OCH3 is 1. The van der Waals surface area contributed by atoms with Gasteiger partial charge in [-0.05, 0) is 30.3 Å². The van der Waals surface area contributed by atoms with Crippen molar-refractivity contribution in [1.82, 2.24) is 4.98 Å². The molecule has 0 radical (unpaired) electrons. The summed E-state index contributed by atoms with van der Waals surface area (Å²) < 4.78 is 43.0.